The van der Waals surface area contributed by atoms with Crippen molar-refractivity contribution in [2.75, 3.05) is 18.6 Å². The third-order valence-corrected chi connectivity index (χ3v) is 4.73. The van der Waals surface area contributed by atoms with Crippen molar-refractivity contribution in [1.29, 1.82) is 0 Å². The van der Waals surface area contributed by atoms with Crippen LogP contribution in [0, 0.1) is 0 Å². The van der Waals surface area contributed by atoms with Gasteiger partial charge in [0.2, 0.25) is 0 Å². The van der Waals surface area contributed by atoms with Crippen molar-refractivity contribution in [3.63, 3.8) is 0 Å². The SMILES string of the molecule is COc1ccc2c(c1)CCCN2C(=O)c1occc1COc1ccccc1. The summed E-state index contributed by atoms with van der Waals surface area (Å²) >= 11 is 0. The molecule has 138 valence electrons. The molecule has 0 saturated heterocycles. The Kier molecular flexibility index (Phi) is 4.83. The van der Waals surface area contributed by atoms with Crippen LogP contribution in [-0.4, -0.2) is 19.6 Å². The van der Waals surface area contributed by atoms with Crippen LogP contribution in [0.15, 0.2) is 65.3 Å². The van der Waals surface area contributed by atoms with Gasteiger partial charge in [0.05, 0.1) is 13.4 Å². The molecular weight excluding hydrogens is 342 g/mol. The van der Waals surface area contributed by atoms with Gasteiger partial charge in [-0.15, -0.1) is 0 Å². The molecule has 0 fully saturated rings. The van der Waals surface area contributed by atoms with Crippen LogP contribution in [0.4, 0.5) is 5.69 Å². The van der Waals surface area contributed by atoms with Crippen molar-refractivity contribution in [2.24, 2.45) is 0 Å². The van der Waals surface area contributed by atoms with Gasteiger partial charge in [-0.1, -0.05) is 18.2 Å². The topological polar surface area (TPSA) is 51.9 Å². The van der Waals surface area contributed by atoms with Crippen LogP contribution in [0.2, 0.25) is 0 Å². The Morgan fingerprint density at radius 3 is 2.78 bits per heavy atom. The highest BCUT2D eigenvalue weighted by Crippen LogP contribution is 2.32. The lowest BCUT2D eigenvalue weighted by atomic mass is 10.0. The maximum atomic E-state index is 13.2. The van der Waals surface area contributed by atoms with Crippen LogP contribution in [0.1, 0.15) is 28.1 Å². The van der Waals surface area contributed by atoms with E-state index in [1.165, 1.54) is 6.26 Å². The number of hydrogen-bond acceptors (Lipinski definition) is 4. The van der Waals surface area contributed by atoms with E-state index in [1.54, 1.807) is 18.1 Å². The summed E-state index contributed by atoms with van der Waals surface area (Å²) in [4.78, 5) is 14.9. The molecule has 1 amide bonds. The van der Waals surface area contributed by atoms with E-state index < -0.39 is 0 Å². The first-order valence-corrected chi connectivity index (χ1v) is 8.99. The zero-order valence-corrected chi connectivity index (χ0v) is 15.2. The number of rotatable bonds is 5. The lowest BCUT2D eigenvalue weighted by Gasteiger charge is -2.29. The second-order valence-corrected chi connectivity index (χ2v) is 6.43. The van der Waals surface area contributed by atoms with Crippen LogP contribution < -0.4 is 14.4 Å². The van der Waals surface area contributed by atoms with Gasteiger partial charge in [-0.3, -0.25) is 4.79 Å². The Morgan fingerprint density at radius 2 is 1.96 bits per heavy atom. The van der Waals surface area contributed by atoms with E-state index >= 15 is 0 Å². The van der Waals surface area contributed by atoms with Crippen LogP contribution in [0.5, 0.6) is 11.5 Å². The standard InChI is InChI=1S/C22H21NO4/c1-25-19-9-10-20-16(14-19)6-5-12-23(20)22(24)21-17(11-13-26-21)15-27-18-7-3-2-4-8-18/h2-4,7-11,13-14H,5-6,12,15H2,1H3. The van der Waals surface area contributed by atoms with Crippen LogP contribution >= 0.6 is 0 Å². The van der Waals surface area contributed by atoms with E-state index in [4.69, 9.17) is 13.9 Å². The number of ether oxygens (including phenoxy) is 2. The van der Waals surface area contributed by atoms with Gasteiger partial charge in [0, 0.05) is 17.8 Å². The zero-order valence-electron chi connectivity index (χ0n) is 15.2. The molecule has 1 aliphatic heterocycles. The van der Waals surface area contributed by atoms with Crippen LogP contribution in [0.3, 0.4) is 0 Å². The summed E-state index contributed by atoms with van der Waals surface area (Å²) in [6.07, 6.45) is 3.37. The van der Waals surface area contributed by atoms with Gasteiger partial charge >= 0.3 is 0 Å². The summed E-state index contributed by atoms with van der Waals surface area (Å²) in [6.45, 7) is 0.947. The van der Waals surface area contributed by atoms with Crippen molar-refractivity contribution < 1.29 is 18.7 Å². The molecule has 0 atom stereocenters. The molecule has 1 aliphatic rings. The minimum absolute atomic E-state index is 0.141. The maximum Gasteiger partial charge on any atom is 0.294 e. The number of carbonyl (C=O) groups is 1. The Labute approximate surface area is 158 Å². The third-order valence-electron chi connectivity index (χ3n) is 4.73. The van der Waals surface area contributed by atoms with Crippen molar-refractivity contribution in [3.05, 3.63) is 77.7 Å². The first-order valence-electron chi connectivity index (χ1n) is 8.99. The predicted molar refractivity (Wildman–Crippen MR) is 102 cm³/mol. The number of benzene rings is 2. The van der Waals surface area contributed by atoms with Gasteiger partial charge in [0.15, 0.2) is 5.76 Å². The highest BCUT2D eigenvalue weighted by atomic mass is 16.5. The molecule has 0 aliphatic carbocycles. The third kappa shape index (κ3) is 3.53. The number of amides is 1. The molecule has 0 bridgehead atoms. The molecule has 27 heavy (non-hydrogen) atoms. The van der Waals surface area contributed by atoms with Crippen molar-refractivity contribution in [1.82, 2.24) is 0 Å². The second-order valence-electron chi connectivity index (χ2n) is 6.43. The van der Waals surface area contributed by atoms with Crippen molar-refractivity contribution in [2.45, 2.75) is 19.4 Å². The fourth-order valence-electron chi connectivity index (χ4n) is 3.35. The predicted octanol–water partition coefficient (Wildman–Crippen LogP) is 4.46. The van der Waals surface area contributed by atoms with E-state index in [0.29, 0.717) is 12.3 Å². The average Bonchev–Trinajstić information content (AvgIpc) is 3.20. The molecule has 0 N–H and O–H groups in total. The molecular formula is C22H21NO4. The first kappa shape index (κ1) is 17.2. The molecule has 5 heteroatoms. The van der Waals surface area contributed by atoms with Gasteiger partial charge < -0.3 is 18.8 Å². The second kappa shape index (κ2) is 7.58. The number of carbonyl (C=O) groups excluding carboxylic acids is 1. The molecule has 0 unspecified atom stereocenters. The number of aryl methyl sites for hydroxylation is 1. The maximum absolute atomic E-state index is 13.2. The number of furan rings is 1. The van der Waals surface area contributed by atoms with Crippen molar-refractivity contribution in [3.8, 4) is 11.5 Å². The van der Waals surface area contributed by atoms with E-state index in [1.807, 2.05) is 48.5 Å². The molecule has 0 spiro atoms. The number of nitrogens with zero attached hydrogens (tertiary/aromatic N) is 1. The van der Waals surface area contributed by atoms with Gasteiger partial charge in [0.1, 0.15) is 18.1 Å². The molecule has 1 aromatic heterocycles. The van der Waals surface area contributed by atoms with E-state index in [0.717, 1.165) is 41.2 Å². The molecule has 0 saturated carbocycles. The minimum Gasteiger partial charge on any atom is -0.497 e. The molecule has 4 rings (SSSR count). The fourth-order valence-corrected chi connectivity index (χ4v) is 3.35. The monoisotopic (exact) mass is 363 g/mol. The molecule has 2 heterocycles. The minimum atomic E-state index is -0.141. The summed E-state index contributed by atoms with van der Waals surface area (Å²) in [5.74, 6) is 1.75. The largest absolute Gasteiger partial charge is 0.497 e. The van der Waals surface area contributed by atoms with Crippen LogP contribution in [-0.2, 0) is 13.0 Å². The molecule has 3 aromatic rings. The van der Waals surface area contributed by atoms with Crippen LogP contribution in [0.25, 0.3) is 0 Å². The van der Waals surface area contributed by atoms with E-state index in [-0.39, 0.29) is 12.5 Å². The summed E-state index contributed by atoms with van der Waals surface area (Å²) < 4.78 is 16.6. The van der Waals surface area contributed by atoms with E-state index in [9.17, 15) is 4.79 Å². The number of anilines is 1. The summed E-state index contributed by atoms with van der Waals surface area (Å²) in [5, 5.41) is 0. The summed E-state index contributed by atoms with van der Waals surface area (Å²) in [5.41, 5.74) is 2.77. The van der Waals surface area contributed by atoms with Gasteiger partial charge in [-0.2, -0.15) is 0 Å². The lowest BCUT2D eigenvalue weighted by molar-refractivity contribution is 0.0955. The Bertz CT molecular complexity index is 932. The highest BCUT2D eigenvalue weighted by Gasteiger charge is 2.27. The van der Waals surface area contributed by atoms with E-state index in [2.05, 4.69) is 0 Å². The Hall–Kier alpha value is -3.21. The normalized spacial score (nSPS) is 13.1. The first-order chi connectivity index (χ1) is 13.3. The highest BCUT2D eigenvalue weighted by molar-refractivity contribution is 6.05. The summed E-state index contributed by atoms with van der Waals surface area (Å²) in [7, 11) is 1.65. The number of methoxy groups -OCH3 is 1. The lowest BCUT2D eigenvalue weighted by Crippen LogP contribution is -2.35. The van der Waals surface area contributed by atoms with Crippen molar-refractivity contribution >= 4 is 11.6 Å². The Morgan fingerprint density at radius 1 is 1.11 bits per heavy atom. The number of fused-ring (bicyclic) bond motifs is 1. The number of para-hydroxylation sites is 1. The number of hydrogen-bond donors (Lipinski definition) is 0. The Balaban J connectivity index is 1.55. The zero-order chi connectivity index (χ0) is 18.6. The van der Waals surface area contributed by atoms with Gasteiger partial charge in [-0.25, -0.2) is 0 Å². The molecule has 5 nitrogen and oxygen atoms in total. The van der Waals surface area contributed by atoms with Gasteiger partial charge in [-0.05, 0) is 54.8 Å². The fraction of sp³-hybridized carbons (Fsp3) is 0.227. The summed E-state index contributed by atoms with van der Waals surface area (Å²) in [6, 6.07) is 17.1. The molecule has 0 radical (unpaired) electrons. The molecule has 2 aromatic carbocycles. The quantitative estimate of drug-likeness (QED) is 0.672. The smallest absolute Gasteiger partial charge is 0.294 e. The average molecular weight is 363 g/mol. The van der Waals surface area contributed by atoms with Gasteiger partial charge in [0.25, 0.3) is 5.91 Å².